The van der Waals surface area contributed by atoms with Gasteiger partial charge >= 0.3 is 6.18 Å². The Bertz CT molecular complexity index is 844. The fourth-order valence-corrected chi connectivity index (χ4v) is 4.12. The van der Waals surface area contributed by atoms with Gasteiger partial charge in [-0.05, 0) is 67.9 Å². The standard InChI is InChI=1S/C20H26F3N5S.C2H6/c1-4-14-10-15(29-24-3)7-8-17(14)26-19-25-11-16(20(21,22)23)18(27-19)28-9-5-6-13(2)12-28;1-2/h7-8,10-11,13,24H,4-6,9,12H2,1-3H3,(H,25,26,27);1-2H3. The van der Waals surface area contributed by atoms with Gasteiger partial charge in [0.1, 0.15) is 11.4 Å². The molecular formula is C22H32F3N5S. The van der Waals surface area contributed by atoms with Crippen LogP contribution < -0.4 is 14.9 Å². The zero-order valence-electron chi connectivity index (χ0n) is 18.8. The summed E-state index contributed by atoms with van der Waals surface area (Å²) in [5.74, 6) is 0.469. The lowest BCUT2D eigenvalue weighted by Gasteiger charge is -2.33. The Morgan fingerprint density at radius 1 is 1.26 bits per heavy atom. The van der Waals surface area contributed by atoms with Crippen molar-refractivity contribution < 1.29 is 13.2 Å². The first-order valence-electron chi connectivity index (χ1n) is 10.7. The number of hydrogen-bond acceptors (Lipinski definition) is 6. The second kappa shape index (κ2) is 11.6. The van der Waals surface area contributed by atoms with Crippen molar-refractivity contribution in [2.45, 2.75) is 58.0 Å². The lowest BCUT2D eigenvalue weighted by molar-refractivity contribution is -0.137. The second-order valence-corrected chi connectivity index (χ2v) is 8.31. The molecule has 1 aromatic heterocycles. The molecule has 1 fully saturated rings. The van der Waals surface area contributed by atoms with Crippen LogP contribution in [0.3, 0.4) is 0 Å². The first kappa shape index (κ1) is 25.3. The van der Waals surface area contributed by atoms with Crippen molar-refractivity contribution in [2.24, 2.45) is 5.92 Å². The van der Waals surface area contributed by atoms with Gasteiger partial charge in [0.15, 0.2) is 0 Å². The number of benzene rings is 1. The van der Waals surface area contributed by atoms with Crippen molar-refractivity contribution in [3.05, 3.63) is 35.5 Å². The van der Waals surface area contributed by atoms with Gasteiger partial charge in [0.05, 0.1) is 0 Å². The van der Waals surface area contributed by atoms with Crippen LogP contribution in [0, 0.1) is 5.92 Å². The maximum absolute atomic E-state index is 13.6. The normalized spacial score (nSPS) is 16.5. The molecule has 1 aromatic carbocycles. The van der Waals surface area contributed by atoms with E-state index >= 15 is 0 Å². The van der Waals surface area contributed by atoms with Crippen molar-refractivity contribution in [1.29, 1.82) is 0 Å². The number of piperidine rings is 1. The van der Waals surface area contributed by atoms with Crippen LogP contribution >= 0.6 is 11.9 Å². The molecule has 1 aliphatic heterocycles. The topological polar surface area (TPSA) is 53.1 Å². The third-order valence-corrected chi connectivity index (χ3v) is 5.65. The minimum Gasteiger partial charge on any atom is -0.356 e. The van der Waals surface area contributed by atoms with Gasteiger partial charge in [-0.25, -0.2) is 4.98 Å². The number of aryl methyl sites for hydroxylation is 1. The highest BCUT2D eigenvalue weighted by Gasteiger charge is 2.37. The minimum absolute atomic E-state index is 0.0399. The van der Waals surface area contributed by atoms with Gasteiger partial charge in [-0.15, -0.1) is 0 Å². The highest BCUT2D eigenvalue weighted by atomic mass is 32.2. The Hall–Kier alpha value is -2.00. The third-order valence-electron chi connectivity index (χ3n) is 4.95. The van der Waals surface area contributed by atoms with E-state index in [2.05, 4.69) is 26.9 Å². The lowest BCUT2D eigenvalue weighted by atomic mass is 10.00. The van der Waals surface area contributed by atoms with E-state index in [-0.39, 0.29) is 11.8 Å². The molecule has 0 saturated carbocycles. The number of halogens is 3. The molecule has 3 rings (SSSR count). The summed E-state index contributed by atoms with van der Waals surface area (Å²) in [6.45, 7) is 9.22. The van der Waals surface area contributed by atoms with E-state index in [0.29, 0.717) is 19.0 Å². The molecule has 0 aliphatic carbocycles. The van der Waals surface area contributed by atoms with Crippen molar-refractivity contribution in [3.63, 3.8) is 0 Å². The van der Waals surface area contributed by atoms with Crippen LogP contribution in [0.2, 0.25) is 0 Å². The van der Waals surface area contributed by atoms with Gasteiger partial charge in [-0.3, -0.25) is 4.72 Å². The Kier molecular flexibility index (Phi) is 9.43. The average Bonchev–Trinajstić information content (AvgIpc) is 2.75. The van der Waals surface area contributed by atoms with Gasteiger partial charge in [0, 0.05) is 29.9 Å². The predicted molar refractivity (Wildman–Crippen MR) is 123 cm³/mol. The van der Waals surface area contributed by atoms with Crippen LogP contribution in [0.25, 0.3) is 0 Å². The van der Waals surface area contributed by atoms with E-state index < -0.39 is 11.7 Å². The van der Waals surface area contributed by atoms with Crippen molar-refractivity contribution in [3.8, 4) is 0 Å². The summed E-state index contributed by atoms with van der Waals surface area (Å²) in [6.07, 6.45) is -0.950. The zero-order valence-corrected chi connectivity index (χ0v) is 19.6. The van der Waals surface area contributed by atoms with Crippen molar-refractivity contribution in [1.82, 2.24) is 14.7 Å². The molecule has 1 aliphatic rings. The van der Waals surface area contributed by atoms with Gasteiger partial charge in [0.2, 0.25) is 5.95 Å². The first-order valence-corrected chi connectivity index (χ1v) is 11.6. The fourth-order valence-electron chi connectivity index (χ4n) is 3.54. The van der Waals surface area contributed by atoms with Gasteiger partial charge in [-0.2, -0.15) is 18.2 Å². The zero-order chi connectivity index (χ0) is 23.0. The average molecular weight is 456 g/mol. The maximum Gasteiger partial charge on any atom is 0.421 e. The van der Waals surface area contributed by atoms with Crippen LogP contribution in [0.4, 0.5) is 30.6 Å². The number of aromatic nitrogens is 2. The third kappa shape index (κ3) is 6.74. The summed E-state index contributed by atoms with van der Waals surface area (Å²) in [4.78, 5) is 11.1. The number of anilines is 3. The van der Waals surface area contributed by atoms with Crippen molar-refractivity contribution in [2.75, 3.05) is 30.4 Å². The Labute approximate surface area is 187 Å². The van der Waals surface area contributed by atoms with E-state index in [4.69, 9.17) is 0 Å². The monoisotopic (exact) mass is 455 g/mol. The highest BCUT2D eigenvalue weighted by Crippen LogP contribution is 2.37. The molecular weight excluding hydrogens is 423 g/mol. The quantitative estimate of drug-likeness (QED) is 0.499. The Morgan fingerprint density at radius 3 is 2.61 bits per heavy atom. The molecule has 0 amide bonds. The summed E-state index contributed by atoms with van der Waals surface area (Å²) >= 11 is 1.51. The molecule has 172 valence electrons. The van der Waals surface area contributed by atoms with E-state index in [1.807, 2.05) is 46.0 Å². The molecule has 2 N–H and O–H groups in total. The van der Waals surface area contributed by atoms with Crippen LogP contribution in [-0.4, -0.2) is 30.1 Å². The van der Waals surface area contributed by atoms with E-state index in [9.17, 15) is 13.2 Å². The summed E-state index contributed by atoms with van der Waals surface area (Å²) < 4.78 is 43.7. The molecule has 1 saturated heterocycles. The van der Waals surface area contributed by atoms with Crippen molar-refractivity contribution >= 4 is 29.4 Å². The van der Waals surface area contributed by atoms with Crippen LogP contribution in [0.1, 0.15) is 51.7 Å². The first-order chi connectivity index (χ1) is 14.8. The summed E-state index contributed by atoms with van der Waals surface area (Å²) in [5, 5.41) is 3.12. The second-order valence-electron chi connectivity index (χ2n) is 7.23. The predicted octanol–water partition coefficient (Wildman–Crippen LogP) is 6.29. The minimum atomic E-state index is -4.49. The molecule has 31 heavy (non-hydrogen) atoms. The molecule has 9 heteroatoms. The van der Waals surface area contributed by atoms with Gasteiger partial charge in [-0.1, -0.05) is 27.7 Å². The largest absolute Gasteiger partial charge is 0.421 e. The van der Waals surface area contributed by atoms with E-state index in [1.165, 1.54) is 11.9 Å². The Balaban J connectivity index is 0.00000166. The molecule has 2 heterocycles. The maximum atomic E-state index is 13.6. The summed E-state index contributed by atoms with van der Waals surface area (Å²) in [7, 11) is 1.85. The summed E-state index contributed by atoms with van der Waals surface area (Å²) in [6, 6.07) is 5.89. The van der Waals surface area contributed by atoms with Gasteiger partial charge in [0.25, 0.3) is 0 Å². The number of nitrogens with zero attached hydrogens (tertiary/aromatic N) is 3. The van der Waals surface area contributed by atoms with Crippen LogP contribution in [-0.2, 0) is 12.6 Å². The number of hydrogen-bond donors (Lipinski definition) is 2. The summed E-state index contributed by atoms with van der Waals surface area (Å²) in [5.41, 5.74) is 1.06. The number of rotatable bonds is 6. The van der Waals surface area contributed by atoms with Crippen LogP contribution in [0.5, 0.6) is 0 Å². The smallest absolute Gasteiger partial charge is 0.356 e. The highest BCUT2D eigenvalue weighted by molar-refractivity contribution is 7.97. The lowest BCUT2D eigenvalue weighted by Crippen LogP contribution is -2.36. The molecule has 0 spiro atoms. The SMILES string of the molecule is CC.CCc1cc(SNC)ccc1Nc1ncc(C(F)(F)F)c(N2CCCC(C)C2)n1. The van der Waals surface area contributed by atoms with E-state index in [1.54, 1.807) is 4.90 Å². The molecule has 1 atom stereocenters. The van der Waals surface area contributed by atoms with E-state index in [0.717, 1.165) is 41.6 Å². The number of alkyl halides is 3. The Morgan fingerprint density at radius 2 is 2.00 bits per heavy atom. The van der Waals surface area contributed by atoms with Gasteiger partial charge < -0.3 is 10.2 Å². The molecule has 0 bridgehead atoms. The molecule has 5 nitrogen and oxygen atoms in total. The number of nitrogens with one attached hydrogen (secondary N) is 2. The molecule has 2 aromatic rings. The molecule has 1 unspecified atom stereocenters. The fraction of sp³-hybridized carbons (Fsp3) is 0.545. The molecule has 0 radical (unpaired) electrons. The van der Waals surface area contributed by atoms with Crippen LogP contribution in [0.15, 0.2) is 29.3 Å².